The van der Waals surface area contributed by atoms with Gasteiger partial charge >= 0.3 is 0 Å². The summed E-state index contributed by atoms with van der Waals surface area (Å²) >= 11 is 6.24. The van der Waals surface area contributed by atoms with E-state index in [-0.39, 0.29) is 34.0 Å². The van der Waals surface area contributed by atoms with Gasteiger partial charge in [0, 0.05) is 29.3 Å². The molecule has 0 radical (unpaired) electrons. The minimum atomic E-state index is -1.47. The van der Waals surface area contributed by atoms with Crippen LogP contribution in [0, 0.1) is 17.6 Å². The Morgan fingerprint density at radius 3 is 2.59 bits per heavy atom. The molecule has 0 spiro atoms. The summed E-state index contributed by atoms with van der Waals surface area (Å²) < 4.78 is 32.4. The first kappa shape index (κ1) is 21.0. The SMILES string of the molecule is COc1ccc(N)c(C(O)C2CC(=O)N([C@@H](C)c3ccc(F)cc3F)C2=O)c1Cl. The molecule has 3 N–H and O–H groups in total. The lowest BCUT2D eigenvalue weighted by Gasteiger charge is -2.25. The molecule has 154 valence electrons. The lowest BCUT2D eigenvalue weighted by molar-refractivity contribution is -0.143. The first-order valence-corrected chi connectivity index (χ1v) is 9.16. The normalized spacial score (nSPS) is 18.8. The second-order valence-corrected chi connectivity index (χ2v) is 7.16. The van der Waals surface area contributed by atoms with Crippen LogP contribution in [-0.4, -0.2) is 28.9 Å². The molecular weight excluding hydrogens is 406 g/mol. The number of hydrogen-bond acceptors (Lipinski definition) is 5. The van der Waals surface area contributed by atoms with Crippen molar-refractivity contribution >= 4 is 29.1 Å². The van der Waals surface area contributed by atoms with Gasteiger partial charge in [-0.2, -0.15) is 0 Å². The van der Waals surface area contributed by atoms with Gasteiger partial charge in [-0.15, -0.1) is 0 Å². The van der Waals surface area contributed by atoms with Crippen LogP contribution in [0.15, 0.2) is 30.3 Å². The number of methoxy groups -OCH3 is 1. The third-order valence-corrected chi connectivity index (χ3v) is 5.48. The van der Waals surface area contributed by atoms with Crippen molar-refractivity contribution in [2.24, 2.45) is 5.92 Å². The molecule has 2 aromatic rings. The van der Waals surface area contributed by atoms with E-state index in [1.54, 1.807) is 0 Å². The van der Waals surface area contributed by atoms with Gasteiger partial charge in [-0.25, -0.2) is 8.78 Å². The second-order valence-electron chi connectivity index (χ2n) is 6.78. The largest absolute Gasteiger partial charge is 0.495 e. The third-order valence-electron chi connectivity index (χ3n) is 5.09. The number of carbonyl (C=O) groups is 2. The van der Waals surface area contributed by atoms with Crippen LogP contribution < -0.4 is 10.5 Å². The highest BCUT2D eigenvalue weighted by Gasteiger charge is 2.46. The molecule has 3 atom stereocenters. The summed E-state index contributed by atoms with van der Waals surface area (Å²) in [6.07, 6.45) is -1.77. The predicted octanol–water partition coefficient (Wildman–Crippen LogP) is 3.38. The van der Waals surface area contributed by atoms with Gasteiger partial charge in [0.2, 0.25) is 11.8 Å². The number of ether oxygens (including phenoxy) is 1. The number of imide groups is 1. The number of benzene rings is 2. The number of nitrogens with two attached hydrogens (primary N) is 1. The van der Waals surface area contributed by atoms with Crippen molar-refractivity contribution < 1.29 is 28.2 Å². The number of amides is 2. The van der Waals surface area contributed by atoms with E-state index in [4.69, 9.17) is 22.1 Å². The minimum Gasteiger partial charge on any atom is -0.495 e. The summed E-state index contributed by atoms with van der Waals surface area (Å²) in [7, 11) is 1.39. The summed E-state index contributed by atoms with van der Waals surface area (Å²) in [4.78, 5) is 26.3. The summed E-state index contributed by atoms with van der Waals surface area (Å²) in [5, 5.41) is 10.8. The fraction of sp³-hybridized carbons (Fsp3) is 0.300. The molecule has 2 aromatic carbocycles. The Morgan fingerprint density at radius 1 is 1.28 bits per heavy atom. The average Bonchev–Trinajstić information content (AvgIpc) is 2.95. The summed E-state index contributed by atoms with van der Waals surface area (Å²) in [5.41, 5.74) is 6.13. The lowest BCUT2D eigenvalue weighted by atomic mass is 9.93. The van der Waals surface area contributed by atoms with Gasteiger partial charge < -0.3 is 15.6 Å². The van der Waals surface area contributed by atoms with E-state index < -0.39 is 41.5 Å². The zero-order chi connectivity index (χ0) is 21.5. The zero-order valence-electron chi connectivity index (χ0n) is 15.7. The maximum absolute atomic E-state index is 14.1. The highest BCUT2D eigenvalue weighted by Crippen LogP contribution is 2.43. The Labute approximate surface area is 170 Å². The fourth-order valence-electron chi connectivity index (χ4n) is 3.56. The van der Waals surface area contributed by atoms with Crippen LogP contribution in [0.1, 0.15) is 36.6 Å². The molecule has 0 bridgehead atoms. The van der Waals surface area contributed by atoms with Crippen molar-refractivity contribution in [3.8, 4) is 5.75 Å². The minimum absolute atomic E-state index is 0.0119. The molecule has 1 fully saturated rings. The number of likely N-dealkylation sites (tertiary alicyclic amines) is 1. The predicted molar refractivity (Wildman–Crippen MR) is 102 cm³/mol. The van der Waals surface area contributed by atoms with Crippen LogP contribution in [0.3, 0.4) is 0 Å². The van der Waals surface area contributed by atoms with Crippen LogP contribution in [0.5, 0.6) is 5.75 Å². The lowest BCUT2D eigenvalue weighted by Crippen LogP contribution is -2.35. The molecule has 1 aliphatic rings. The van der Waals surface area contributed by atoms with Crippen molar-refractivity contribution in [1.29, 1.82) is 0 Å². The van der Waals surface area contributed by atoms with Crippen molar-refractivity contribution in [2.75, 3.05) is 12.8 Å². The molecule has 1 aliphatic heterocycles. The van der Waals surface area contributed by atoms with Crippen LogP contribution in [0.4, 0.5) is 14.5 Å². The Balaban J connectivity index is 1.93. The number of carbonyl (C=O) groups excluding carboxylic acids is 2. The topological polar surface area (TPSA) is 92.9 Å². The molecule has 6 nitrogen and oxygen atoms in total. The average molecular weight is 425 g/mol. The Kier molecular flexibility index (Phi) is 5.77. The molecule has 1 saturated heterocycles. The Morgan fingerprint density at radius 2 is 1.97 bits per heavy atom. The molecular formula is C20H19ClF2N2O4. The first-order valence-electron chi connectivity index (χ1n) is 8.78. The second kappa shape index (κ2) is 7.96. The van der Waals surface area contributed by atoms with E-state index in [0.717, 1.165) is 11.0 Å². The van der Waals surface area contributed by atoms with Gasteiger partial charge in [0.1, 0.15) is 17.4 Å². The molecule has 9 heteroatoms. The van der Waals surface area contributed by atoms with E-state index in [1.165, 1.54) is 32.2 Å². The van der Waals surface area contributed by atoms with Crippen molar-refractivity contribution in [3.63, 3.8) is 0 Å². The Hall–Kier alpha value is -2.71. The summed E-state index contributed by atoms with van der Waals surface area (Å²) in [6, 6.07) is 4.91. The Bertz CT molecular complexity index is 985. The number of aliphatic hydroxyl groups is 1. The highest BCUT2D eigenvalue weighted by atomic mass is 35.5. The number of nitrogen functional groups attached to an aromatic ring is 1. The number of anilines is 1. The number of nitrogens with zero attached hydrogens (tertiary/aromatic N) is 1. The van der Waals surface area contributed by atoms with Gasteiger partial charge in [0.05, 0.1) is 30.2 Å². The van der Waals surface area contributed by atoms with Crippen LogP contribution in [0.2, 0.25) is 5.02 Å². The standard InChI is InChI=1S/C20H19ClF2N2O4/c1-9(11-4-3-10(22)7-13(11)23)25-16(26)8-12(20(25)28)19(27)17-14(24)5-6-15(29-2)18(17)21/h3-7,9,12,19,27H,8,24H2,1-2H3/t9-,12?,19?/m0/s1. The molecule has 0 aliphatic carbocycles. The number of aliphatic hydroxyl groups excluding tert-OH is 1. The maximum Gasteiger partial charge on any atom is 0.236 e. The van der Waals surface area contributed by atoms with E-state index in [1.807, 2.05) is 0 Å². The van der Waals surface area contributed by atoms with Gasteiger partial charge in [-0.1, -0.05) is 17.7 Å². The van der Waals surface area contributed by atoms with Gasteiger partial charge in [0.25, 0.3) is 0 Å². The van der Waals surface area contributed by atoms with Crippen LogP contribution in [-0.2, 0) is 9.59 Å². The number of hydrogen-bond donors (Lipinski definition) is 2. The van der Waals surface area contributed by atoms with E-state index in [9.17, 15) is 23.5 Å². The van der Waals surface area contributed by atoms with Crippen molar-refractivity contribution in [2.45, 2.75) is 25.5 Å². The maximum atomic E-state index is 14.1. The van der Waals surface area contributed by atoms with Crippen LogP contribution >= 0.6 is 11.6 Å². The van der Waals surface area contributed by atoms with E-state index >= 15 is 0 Å². The molecule has 2 amide bonds. The number of rotatable bonds is 5. The van der Waals surface area contributed by atoms with Crippen LogP contribution in [0.25, 0.3) is 0 Å². The summed E-state index contributed by atoms with van der Waals surface area (Å²) in [5.74, 6) is -3.83. The fourth-order valence-corrected chi connectivity index (χ4v) is 3.92. The smallest absolute Gasteiger partial charge is 0.236 e. The summed E-state index contributed by atoms with van der Waals surface area (Å²) in [6.45, 7) is 1.45. The molecule has 2 unspecified atom stereocenters. The van der Waals surface area contributed by atoms with Gasteiger partial charge in [-0.3, -0.25) is 14.5 Å². The zero-order valence-corrected chi connectivity index (χ0v) is 16.4. The quantitative estimate of drug-likeness (QED) is 0.567. The molecule has 1 heterocycles. The van der Waals surface area contributed by atoms with Crippen molar-refractivity contribution in [1.82, 2.24) is 4.90 Å². The highest BCUT2D eigenvalue weighted by molar-refractivity contribution is 6.33. The van der Waals surface area contributed by atoms with E-state index in [0.29, 0.717) is 6.07 Å². The first-order chi connectivity index (χ1) is 13.7. The third kappa shape index (κ3) is 3.65. The van der Waals surface area contributed by atoms with E-state index in [2.05, 4.69) is 0 Å². The molecule has 0 saturated carbocycles. The van der Waals surface area contributed by atoms with Crippen molar-refractivity contribution in [3.05, 3.63) is 58.1 Å². The molecule has 29 heavy (non-hydrogen) atoms. The molecule has 3 rings (SSSR count). The van der Waals surface area contributed by atoms with Gasteiger partial charge in [0.15, 0.2) is 0 Å². The number of halogens is 3. The van der Waals surface area contributed by atoms with Gasteiger partial charge in [-0.05, 0) is 25.1 Å². The molecule has 0 aromatic heterocycles. The monoisotopic (exact) mass is 424 g/mol.